The molecule has 0 radical (unpaired) electrons. The van der Waals surface area contributed by atoms with E-state index >= 15 is 0 Å². The molecule has 1 saturated heterocycles. The first-order valence-electron chi connectivity index (χ1n) is 9.40. The van der Waals surface area contributed by atoms with Gasteiger partial charge in [0.1, 0.15) is 5.78 Å². The van der Waals surface area contributed by atoms with Crippen molar-refractivity contribution in [1.29, 1.82) is 0 Å². The van der Waals surface area contributed by atoms with Crippen LogP contribution in [0.1, 0.15) is 62.8 Å². The third-order valence-electron chi connectivity index (χ3n) is 5.71. The fourth-order valence-corrected chi connectivity index (χ4v) is 4.22. The molecule has 2 fully saturated rings. The standard InChI is InChI=1S/C20H29NO3/c22-18(15-5-2-1-3-6-15)10-12-21-11-4-7-17(14-21)16-8-9-19(23)20(24)13-16/h8-9,13,15,17,23-24H,1-7,10-12,14H2. The first kappa shape index (κ1) is 17.3. The fraction of sp³-hybridized carbons (Fsp3) is 0.650. The largest absolute Gasteiger partial charge is 0.504 e. The maximum absolute atomic E-state index is 12.4. The number of likely N-dealkylation sites (tertiary alicyclic amines) is 1. The first-order chi connectivity index (χ1) is 11.6. The first-order valence-corrected chi connectivity index (χ1v) is 9.40. The third kappa shape index (κ3) is 4.29. The van der Waals surface area contributed by atoms with Gasteiger partial charge in [0.05, 0.1) is 0 Å². The number of carbonyl (C=O) groups excluding carboxylic acids is 1. The van der Waals surface area contributed by atoms with Crippen molar-refractivity contribution < 1.29 is 15.0 Å². The smallest absolute Gasteiger partial charge is 0.157 e. The van der Waals surface area contributed by atoms with E-state index in [2.05, 4.69) is 4.90 Å². The summed E-state index contributed by atoms with van der Waals surface area (Å²) in [6.45, 7) is 2.84. The summed E-state index contributed by atoms with van der Waals surface area (Å²) in [7, 11) is 0. The van der Waals surface area contributed by atoms with Crippen molar-refractivity contribution in [2.24, 2.45) is 5.92 Å². The van der Waals surface area contributed by atoms with E-state index < -0.39 is 0 Å². The molecule has 1 aromatic carbocycles. The van der Waals surface area contributed by atoms with E-state index in [1.165, 1.54) is 19.3 Å². The van der Waals surface area contributed by atoms with Gasteiger partial charge in [-0.1, -0.05) is 25.3 Å². The van der Waals surface area contributed by atoms with E-state index in [1.54, 1.807) is 12.1 Å². The summed E-state index contributed by atoms with van der Waals surface area (Å²) in [6.07, 6.45) is 8.79. The Morgan fingerprint density at radius 1 is 1.04 bits per heavy atom. The molecule has 1 saturated carbocycles. The number of hydrogen-bond donors (Lipinski definition) is 2. The number of Topliss-reactive ketones (excluding diaryl/α,β-unsaturated/α-hetero) is 1. The third-order valence-corrected chi connectivity index (χ3v) is 5.71. The Morgan fingerprint density at radius 3 is 2.58 bits per heavy atom. The van der Waals surface area contributed by atoms with Crippen LogP contribution < -0.4 is 0 Å². The van der Waals surface area contributed by atoms with E-state index in [9.17, 15) is 15.0 Å². The summed E-state index contributed by atoms with van der Waals surface area (Å²) >= 11 is 0. The van der Waals surface area contributed by atoms with Crippen LogP contribution in [0.2, 0.25) is 0 Å². The summed E-state index contributed by atoms with van der Waals surface area (Å²) < 4.78 is 0. The van der Waals surface area contributed by atoms with Gasteiger partial charge in [-0.05, 0) is 55.8 Å². The van der Waals surface area contributed by atoms with Gasteiger partial charge in [-0.25, -0.2) is 0 Å². The van der Waals surface area contributed by atoms with E-state index in [0.717, 1.165) is 50.9 Å². The van der Waals surface area contributed by atoms with Crippen LogP contribution in [-0.2, 0) is 4.79 Å². The lowest BCUT2D eigenvalue weighted by atomic mass is 9.85. The lowest BCUT2D eigenvalue weighted by molar-refractivity contribution is -0.124. The van der Waals surface area contributed by atoms with Gasteiger partial charge in [-0.3, -0.25) is 4.79 Å². The van der Waals surface area contributed by atoms with Crippen LogP contribution in [-0.4, -0.2) is 40.5 Å². The minimum absolute atomic E-state index is 0.0444. The highest BCUT2D eigenvalue weighted by molar-refractivity contribution is 5.81. The number of aromatic hydroxyl groups is 2. The van der Waals surface area contributed by atoms with Crippen LogP contribution in [0.15, 0.2) is 18.2 Å². The molecule has 1 aromatic rings. The Hall–Kier alpha value is -1.55. The van der Waals surface area contributed by atoms with Crippen molar-refractivity contribution >= 4 is 5.78 Å². The number of piperidine rings is 1. The van der Waals surface area contributed by atoms with Crippen LogP contribution in [0.4, 0.5) is 0 Å². The Morgan fingerprint density at radius 2 is 1.83 bits per heavy atom. The molecule has 24 heavy (non-hydrogen) atoms. The predicted molar refractivity (Wildman–Crippen MR) is 94.4 cm³/mol. The molecule has 1 aliphatic carbocycles. The molecule has 4 heteroatoms. The lowest BCUT2D eigenvalue weighted by Gasteiger charge is -2.33. The van der Waals surface area contributed by atoms with Crippen molar-refractivity contribution in [2.45, 2.75) is 57.3 Å². The molecule has 0 bridgehead atoms. The predicted octanol–water partition coefficient (Wildman–Crippen LogP) is 3.82. The Kier molecular flexibility index (Phi) is 5.77. The molecule has 0 aromatic heterocycles. The van der Waals surface area contributed by atoms with Gasteiger partial charge in [0.2, 0.25) is 0 Å². The molecule has 0 amide bonds. The van der Waals surface area contributed by atoms with E-state index in [4.69, 9.17) is 0 Å². The molecule has 2 aliphatic rings. The van der Waals surface area contributed by atoms with Gasteiger partial charge in [0, 0.05) is 25.4 Å². The second kappa shape index (κ2) is 8.02. The molecular weight excluding hydrogens is 302 g/mol. The fourth-order valence-electron chi connectivity index (χ4n) is 4.22. The van der Waals surface area contributed by atoms with Gasteiger partial charge in [0.15, 0.2) is 11.5 Å². The molecule has 1 heterocycles. The lowest BCUT2D eigenvalue weighted by Crippen LogP contribution is -2.36. The minimum atomic E-state index is -0.0653. The Labute approximate surface area is 144 Å². The van der Waals surface area contributed by atoms with Crippen LogP contribution in [0.25, 0.3) is 0 Å². The summed E-state index contributed by atoms with van der Waals surface area (Å²) in [6, 6.07) is 5.14. The maximum atomic E-state index is 12.4. The topological polar surface area (TPSA) is 60.8 Å². The molecule has 0 spiro atoms. The average Bonchev–Trinajstić information content (AvgIpc) is 2.63. The second-order valence-corrected chi connectivity index (χ2v) is 7.44. The quantitative estimate of drug-likeness (QED) is 0.805. The van der Waals surface area contributed by atoms with Gasteiger partial charge < -0.3 is 15.1 Å². The van der Waals surface area contributed by atoms with Gasteiger partial charge in [0.25, 0.3) is 0 Å². The highest BCUT2D eigenvalue weighted by Crippen LogP contribution is 2.33. The number of nitrogens with zero attached hydrogens (tertiary/aromatic N) is 1. The number of rotatable bonds is 5. The SMILES string of the molecule is O=C(CCN1CCCC(c2ccc(O)c(O)c2)C1)C1CCCCC1. The molecule has 1 unspecified atom stereocenters. The highest BCUT2D eigenvalue weighted by atomic mass is 16.3. The van der Waals surface area contributed by atoms with Crippen molar-refractivity contribution in [1.82, 2.24) is 4.90 Å². The number of hydrogen-bond acceptors (Lipinski definition) is 4. The van der Waals surface area contributed by atoms with Crippen LogP contribution in [0.5, 0.6) is 11.5 Å². The average molecular weight is 331 g/mol. The summed E-state index contributed by atoms with van der Waals surface area (Å²) in [4.78, 5) is 14.8. The van der Waals surface area contributed by atoms with Gasteiger partial charge in [-0.2, -0.15) is 0 Å². The van der Waals surface area contributed by atoms with Crippen molar-refractivity contribution in [3.63, 3.8) is 0 Å². The Balaban J connectivity index is 1.51. The Bertz CT molecular complexity index is 566. The molecule has 2 N–H and O–H groups in total. The van der Waals surface area contributed by atoms with E-state index in [0.29, 0.717) is 24.0 Å². The maximum Gasteiger partial charge on any atom is 0.157 e. The number of phenols is 2. The zero-order valence-corrected chi connectivity index (χ0v) is 14.4. The van der Waals surface area contributed by atoms with Crippen LogP contribution >= 0.6 is 0 Å². The van der Waals surface area contributed by atoms with Crippen molar-refractivity contribution in [3.8, 4) is 11.5 Å². The number of ketones is 1. The van der Waals surface area contributed by atoms with Crippen molar-refractivity contribution in [2.75, 3.05) is 19.6 Å². The molecule has 3 rings (SSSR count). The highest BCUT2D eigenvalue weighted by Gasteiger charge is 2.25. The molecule has 1 aliphatic heterocycles. The molecule has 132 valence electrons. The van der Waals surface area contributed by atoms with Crippen LogP contribution in [0.3, 0.4) is 0 Å². The second-order valence-electron chi connectivity index (χ2n) is 7.44. The zero-order valence-electron chi connectivity index (χ0n) is 14.4. The minimum Gasteiger partial charge on any atom is -0.504 e. The van der Waals surface area contributed by atoms with Gasteiger partial charge in [-0.15, -0.1) is 0 Å². The van der Waals surface area contributed by atoms with Crippen molar-refractivity contribution in [3.05, 3.63) is 23.8 Å². The normalized spacial score (nSPS) is 23.2. The summed E-state index contributed by atoms with van der Waals surface area (Å²) in [5.74, 6) is 1.03. The van der Waals surface area contributed by atoms with E-state index in [-0.39, 0.29) is 11.5 Å². The number of benzene rings is 1. The summed E-state index contributed by atoms with van der Waals surface area (Å²) in [5.41, 5.74) is 1.08. The monoisotopic (exact) mass is 331 g/mol. The van der Waals surface area contributed by atoms with Gasteiger partial charge >= 0.3 is 0 Å². The molecule has 4 nitrogen and oxygen atoms in total. The van der Waals surface area contributed by atoms with E-state index in [1.807, 2.05) is 6.07 Å². The summed E-state index contributed by atoms with van der Waals surface area (Å²) in [5, 5.41) is 19.2. The number of carbonyl (C=O) groups is 1. The number of phenolic OH excluding ortho intramolecular Hbond substituents is 2. The van der Waals surface area contributed by atoms with Crippen LogP contribution in [0, 0.1) is 5.92 Å². The zero-order chi connectivity index (χ0) is 16.9. The molecule has 1 atom stereocenters. The molecular formula is C20H29NO3.